The number of nitrogens with zero attached hydrogens (tertiary/aromatic N) is 2. The summed E-state index contributed by atoms with van der Waals surface area (Å²) in [5.74, 6) is -0.210. The van der Waals surface area contributed by atoms with Gasteiger partial charge in [0.2, 0.25) is 5.91 Å². The van der Waals surface area contributed by atoms with E-state index in [1.54, 1.807) is 4.90 Å². The average molecular weight is 370 g/mol. The topological polar surface area (TPSA) is 70.1 Å². The van der Waals surface area contributed by atoms with Crippen molar-refractivity contribution in [2.75, 3.05) is 26.2 Å². The van der Waals surface area contributed by atoms with Crippen LogP contribution >= 0.6 is 0 Å². The van der Waals surface area contributed by atoms with Gasteiger partial charge < -0.3 is 19.6 Å². The third kappa shape index (κ3) is 4.27. The van der Waals surface area contributed by atoms with E-state index in [1.807, 2.05) is 0 Å². The van der Waals surface area contributed by atoms with Gasteiger partial charge >= 0.3 is 12.5 Å². The molecule has 2 atom stereocenters. The van der Waals surface area contributed by atoms with Crippen molar-refractivity contribution >= 4 is 18.1 Å². The van der Waals surface area contributed by atoms with Gasteiger partial charge in [-0.15, -0.1) is 13.2 Å². The molecule has 2 aliphatic heterocycles. The van der Waals surface area contributed by atoms with Crippen molar-refractivity contribution in [2.24, 2.45) is 11.8 Å². The minimum atomic E-state index is -4.74. The predicted octanol–water partition coefficient (Wildman–Crippen LogP) is 2.67. The number of rotatable bonds is 3. The van der Waals surface area contributed by atoms with Crippen molar-refractivity contribution in [1.82, 2.24) is 9.80 Å². The number of amides is 2. The van der Waals surface area contributed by atoms with Crippen LogP contribution in [-0.4, -0.2) is 59.4 Å². The van der Waals surface area contributed by atoms with Crippen LogP contribution in [0.3, 0.4) is 0 Å². The first-order valence-electron chi connectivity index (χ1n) is 8.02. The molecule has 26 heavy (non-hydrogen) atoms. The lowest BCUT2D eigenvalue weighted by Gasteiger charge is -2.18. The number of likely N-dealkylation sites (tertiary alicyclic amines) is 2. The van der Waals surface area contributed by atoms with E-state index in [2.05, 4.69) is 4.74 Å². The summed E-state index contributed by atoms with van der Waals surface area (Å²) in [5, 5.41) is 9.00. The fourth-order valence-electron chi connectivity index (χ4n) is 3.38. The highest BCUT2D eigenvalue weighted by molar-refractivity contribution is 5.92. The van der Waals surface area contributed by atoms with E-state index in [4.69, 9.17) is 5.11 Å². The van der Waals surface area contributed by atoms with Gasteiger partial charge in [0.05, 0.1) is 0 Å². The molecule has 2 saturated heterocycles. The smallest absolute Gasteiger partial charge is 0.465 e. The lowest BCUT2D eigenvalue weighted by molar-refractivity contribution is -0.274. The Morgan fingerprint density at radius 2 is 1.58 bits per heavy atom. The lowest BCUT2D eigenvalue weighted by atomic mass is 10.0. The number of carbonyl (C=O) groups is 2. The Kier molecular flexibility index (Phi) is 4.80. The molecular formula is C17H17F3N2O4. The van der Waals surface area contributed by atoms with Crippen LogP contribution in [0.2, 0.25) is 0 Å². The molecule has 2 aliphatic rings. The van der Waals surface area contributed by atoms with Gasteiger partial charge in [-0.1, -0.05) is 12.1 Å². The summed E-state index contributed by atoms with van der Waals surface area (Å²) in [6, 6.07) is 5.21. The molecule has 3 rings (SSSR count). The molecule has 0 aromatic heterocycles. The van der Waals surface area contributed by atoms with Crippen LogP contribution in [0.25, 0.3) is 6.08 Å². The molecule has 140 valence electrons. The number of hydrogen-bond donors (Lipinski definition) is 1. The molecule has 2 amide bonds. The van der Waals surface area contributed by atoms with Gasteiger partial charge in [-0.25, -0.2) is 4.79 Å². The maximum Gasteiger partial charge on any atom is 0.573 e. The average Bonchev–Trinajstić information content (AvgIpc) is 3.11. The van der Waals surface area contributed by atoms with Crippen molar-refractivity contribution in [3.8, 4) is 5.75 Å². The van der Waals surface area contributed by atoms with Gasteiger partial charge in [-0.05, 0) is 23.8 Å². The van der Waals surface area contributed by atoms with E-state index in [1.165, 1.54) is 41.3 Å². The summed E-state index contributed by atoms with van der Waals surface area (Å²) in [6.45, 7) is 1.90. The molecule has 0 bridgehead atoms. The van der Waals surface area contributed by atoms with Gasteiger partial charge in [0.25, 0.3) is 0 Å². The van der Waals surface area contributed by atoms with Crippen LogP contribution in [0.5, 0.6) is 5.75 Å². The molecule has 0 radical (unpaired) electrons. The van der Waals surface area contributed by atoms with Gasteiger partial charge in [0, 0.05) is 44.1 Å². The molecule has 9 heteroatoms. The first-order chi connectivity index (χ1) is 12.2. The number of alkyl halides is 3. The van der Waals surface area contributed by atoms with E-state index in [0.717, 1.165) is 0 Å². The van der Waals surface area contributed by atoms with Gasteiger partial charge in [0.1, 0.15) is 5.75 Å². The van der Waals surface area contributed by atoms with Crippen molar-refractivity contribution in [1.29, 1.82) is 0 Å². The second kappa shape index (κ2) is 6.89. The monoisotopic (exact) mass is 370 g/mol. The Hall–Kier alpha value is -2.71. The van der Waals surface area contributed by atoms with Crippen molar-refractivity contribution < 1.29 is 32.6 Å². The third-order valence-corrected chi connectivity index (χ3v) is 4.60. The van der Waals surface area contributed by atoms with Crippen molar-refractivity contribution in [2.45, 2.75) is 6.36 Å². The summed E-state index contributed by atoms with van der Waals surface area (Å²) in [7, 11) is 0. The fourth-order valence-corrected chi connectivity index (χ4v) is 3.38. The zero-order valence-electron chi connectivity index (χ0n) is 13.6. The Balaban J connectivity index is 1.53. The van der Waals surface area contributed by atoms with Crippen molar-refractivity contribution in [3.05, 3.63) is 35.9 Å². The van der Waals surface area contributed by atoms with Gasteiger partial charge in [-0.3, -0.25) is 4.79 Å². The molecule has 1 aromatic carbocycles. The van der Waals surface area contributed by atoms with Crippen LogP contribution in [0, 0.1) is 11.8 Å². The highest BCUT2D eigenvalue weighted by atomic mass is 19.4. The van der Waals surface area contributed by atoms with Crippen molar-refractivity contribution in [3.63, 3.8) is 0 Å². The van der Waals surface area contributed by atoms with Crippen LogP contribution in [-0.2, 0) is 4.79 Å². The maximum absolute atomic E-state index is 12.3. The minimum absolute atomic E-state index is 0.155. The van der Waals surface area contributed by atoms with E-state index >= 15 is 0 Å². The van der Waals surface area contributed by atoms with Gasteiger partial charge in [-0.2, -0.15) is 0 Å². The van der Waals surface area contributed by atoms with Crippen LogP contribution in [0.1, 0.15) is 5.56 Å². The molecule has 1 aromatic rings. The van der Waals surface area contributed by atoms with E-state index < -0.39 is 12.5 Å². The summed E-state index contributed by atoms with van der Waals surface area (Å²) in [5.41, 5.74) is 0.573. The maximum atomic E-state index is 12.3. The number of halogens is 3. The highest BCUT2D eigenvalue weighted by Gasteiger charge is 2.42. The Morgan fingerprint density at radius 3 is 2.08 bits per heavy atom. The quantitative estimate of drug-likeness (QED) is 0.831. The first kappa shape index (κ1) is 18.1. The summed E-state index contributed by atoms with van der Waals surface area (Å²) >= 11 is 0. The number of hydrogen-bond acceptors (Lipinski definition) is 3. The summed E-state index contributed by atoms with van der Waals surface area (Å²) < 4.78 is 40.1. The SMILES string of the molecule is O=C(O)N1C[C@@H]2CN(C(=O)C=Cc3ccc(OC(F)(F)F)cc3)C[C@@H]2C1. The largest absolute Gasteiger partial charge is 0.573 e. The molecule has 6 nitrogen and oxygen atoms in total. The molecule has 0 saturated carbocycles. The Bertz CT molecular complexity index is 704. The number of fused-ring (bicyclic) bond motifs is 1. The second-order valence-corrected chi connectivity index (χ2v) is 6.40. The zero-order chi connectivity index (χ0) is 18.9. The molecule has 2 heterocycles. The number of carbonyl (C=O) groups excluding carboxylic acids is 1. The molecule has 2 fully saturated rings. The van der Waals surface area contributed by atoms with Crippen LogP contribution in [0.15, 0.2) is 30.3 Å². The van der Waals surface area contributed by atoms with Gasteiger partial charge in [0.15, 0.2) is 0 Å². The summed E-state index contributed by atoms with van der Waals surface area (Å²) in [4.78, 5) is 26.3. The van der Waals surface area contributed by atoms with Crippen LogP contribution < -0.4 is 4.74 Å². The highest BCUT2D eigenvalue weighted by Crippen LogP contribution is 2.31. The number of carboxylic acid groups (broad SMARTS) is 1. The normalized spacial score (nSPS) is 22.7. The summed E-state index contributed by atoms with van der Waals surface area (Å²) in [6.07, 6.45) is -2.78. The van der Waals surface area contributed by atoms with E-state index in [-0.39, 0.29) is 23.5 Å². The first-order valence-corrected chi connectivity index (χ1v) is 8.02. The molecular weight excluding hydrogens is 353 g/mol. The molecule has 0 unspecified atom stereocenters. The number of ether oxygens (including phenoxy) is 1. The van der Waals surface area contributed by atoms with E-state index in [9.17, 15) is 22.8 Å². The number of benzene rings is 1. The fraction of sp³-hybridized carbons (Fsp3) is 0.412. The Morgan fingerprint density at radius 1 is 1.04 bits per heavy atom. The minimum Gasteiger partial charge on any atom is -0.465 e. The molecule has 1 N–H and O–H groups in total. The molecule has 0 aliphatic carbocycles. The Labute approximate surface area is 147 Å². The predicted molar refractivity (Wildman–Crippen MR) is 85.3 cm³/mol. The molecule has 0 spiro atoms. The third-order valence-electron chi connectivity index (χ3n) is 4.60. The van der Waals surface area contributed by atoms with E-state index in [0.29, 0.717) is 31.7 Å². The zero-order valence-corrected chi connectivity index (χ0v) is 13.6. The second-order valence-electron chi connectivity index (χ2n) is 6.40. The standard InChI is InChI=1S/C17H17F3N2O4/c18-17(19,20)26-14-4-1-11(2-5-14)3-6-15(23)21-7-12-9-22(16(24)25)10-13(12)8-21/h1-6,12-13H,7-10H2,(H,24,25)/t12-,13+. The van der Waals surface area contributed by atoms with Crippen LogP contribution in [0.4, 0.5) is 18.0 Å². The lowest BCUT2D eigenvalue weighted by Crippen LogP contribution is -2.34.